The van der Waals surface area contributed by atoms with Gasteiger partial charge in [0, 0.05) is 18.3 Å². The molecule has 7 heteroatoms. The Bertz CT molecular complexity index is 859. The highest BCUT2D eigenvalue weighted by molar-refractivity contribution is 7.98. The predicted octanol–water partition coefficient (Wildman–Crippen LogP) is 2.59. The van der Waals surface area contributed by atoms with Gasteiger partial charge in [0.2, 0.25) is 11.8 Å². The minimum absolute atomic E-state index is 0.147. The fourth-order valence-electron chi connectivity index (χ4n) is 3.35. The number of methoxy groups -OCH3 is 1. The summed E-state index contributed by atoms with van der Waals surface area (Å²) in [4.78, 5) is 25.7. The van der Waals surface area contributed by atoms with Crippen molar-refractivity contribution in [2.45, 2.75) is 31.5 Å². The number of ether oxygens (including phenoxy) is 1. The lowest BCUT2D eigenvalue weighted by molar-refractivity contribution is -0.128. The molecule has 0 bridgehead atoms. The molecule has 0 spiro atoms. The van der Waals surface area contributed by atoms with Crippen LogP contribution < -0.4 is 20.7 Å². The number of thioether (sulfide) groups is 1. The molecule has 0 saturated carbocycles. The molecule has 2 aromatic carbocycles. The summed E-state index contributed by atoms with van der Waals surface area (Å²) in [6.45, 7) is 0.653. The van der Waals surface area contributed by atoms with Crippen molar-refractivity contribution in [2.75, 3.05) is 24.4 Å². The molecule has 0 aromatic heterocycles. The summed E-state index contributed by atoms with van der Waals surface area (Å²) in [7, 11) is 1.58. The second-order valence-corrected chi connectivity index (χ2v) is 7.96. The fourth-order valence-corrected chi connectivity index (χ4v) is 3.82. The van der Waals surface area contributed by atoms with Crippen LogP contribution in [0.4, 0.5) is 5.69 Å². The fraction of sp³-hybridized carbons (Fsp3) is 0.364. The molecular formula is C22H27N3O3S. The van der Waals surface area contributed by atoms with Crippen molar-refractivity contribution < 1.29 is 14.3 Å². The van der Waals surface area contributed by atoms with Gasteiger partial charge in [0.15, 0.2) is 0 Å². The molecule has 2 atom stereocenters. The highest BCUT2D eigenvalue weighted by Crippen LogP contribution is 2.18. The smallest absolute Gasteiger partial charge is 0.246 e. The van der Waals surface area contributed by atoms with Crippen LogP contribution in [0.1, 0.15) is 17.5 Å². The zero-order chi connectivity index (χ0) is 20.6. The maximum absolute atomic E-state index is 12.9. The van der Waals surface area contributed by atoms with Crippen molar-refractivity contribution in [3.63, 3.8) is 0 Å². The van der Waals surface area contributed by atoms with E-state index in [2.05, 4.69) is 28.1 Å². The van der Waals surface area contributed by atoms with Crippen molar-refractivity contribution >= 4 is 29.3 Å². The lowest BCUT2D eigenvalue weighted by Crippen LogP contribution is -2.53. The summed E-state index contributed by atoms with van der Waals surface area (Å²) in [6, 6.07) is 14.4. The van der Waals surface area contributed by atoms with Crippen molar-refractivity contribution in [3.05, 3.63) is 59.7 Å². The molecule has 2 aromatic rings. The summed E-state index contributed by atoms with van der Waals surface area (Å²) in [5.41, 5.74) is 3.03. The predicted molar refractivity (Wildman–Crippen MR) is 117 cm³/mol. The number of amides is 2. The Kier molecular flexibility index (Phi) is 7.55. The van der Waals surface area contributed by atoms with Crippen LogP contribution in [0.25, 0.3) is 0 Å². The number of benzene rings is 2. The molecule has 1 heterocycles. The van der Waals surface area contributed by atoms with Crippen LogP contribution >= 0.6 is 11.8 Å². The standard InChI is InChI=1S/C22H27N3O3S/c1-28-18-9-5-8-17(13-18)24-21(26)19(10-11-29-2)25-22(27)20-12-15-6-3-4-7-16(15)14-23-20/h3-9,13,19-20,23H,10-12,14H2,1-2H3,(H,24,26)(H,25,27)/t19-,20-/m0/s1. The molecule has 0 saturated heterocycles. The van der Waals surface area contributed by atoms with E-state index >= 15 is 0 Å². The lowest BCUT2D eigenvalue weighted by atomic mass is 9.95. The molecule has 3 N–H and O–H groups in total. The Balaban J connectivity index is 1.65. The van der Waals surface area contributed by atoms with Crippen molar-refractivity contribution in [1.82, 2.24) is 10.6 Å². The first-order valence-corrected chi connectivity index (χ1v) is 11.0. The summed E-state index contributed by atoms with van der Waals surface area (Å²) in [5, 5.41) is 9.10. The highest BCUT2D eigenvalue weighted by atomic mass is 32.2. The van der Waals surface area contributed by atoms with Gasteiger partial charge in [-0.15, -0.1) is 0 Å². The van der Waals surface area contributed by atoms with Gasteiger partial charge in [-0.1, -0.05) is 30.3 Å². The monoisotopic (exact) mass is 413 g/mol. The van der Waals surface area contributed by atoms with Gasteiger partial charge in [-0.2, -0.15) is 11.8 Å². The van der Waals surface area contributed by atoms with E-state index in [9.17, 15) is 9.59 Å². The van der Waals surface area contributed by atoms with Crippen LogP contribution in [0.5, 0.6) is 5.75 Å². The molecular weight excluding hydrogens is 386 g/mol. The van der Waals surface area contributed by atoms with Gasteiger partial charge in [-0.25, -0.2) is 0 Å². The van der Waals surface area contributed by atoms with E-state index in [1.807, 2.05) is 30.5 Å². The summed E-state index contributed by atoms with van der Waals surface area (Å²) in [5.74, 6) is 1.07. The molecule has 6 nitrogen and oxygen atoms in total. The van der Waals surface area contributed by atoms with Crippen molar-refractivity contribution in [1.29, 1.82) is 0 Å². The van der Waals surface area contributed by atoms with E-state index in [-0.39, 0.29) is 17.9 Å². The van der Waals surface area contributed by atoms with E-state index in [0.29, 0.717) is 30.8 Å². The summed E-state index contributed by atoms with van der Waals surface area (Å²) in [6.07, 6.45) is 3.17. The van der Waals surface area contributed by atoms with Crippen LogP contribution in [0.15, 0.2) is 48.5 Å². The van der Waals surface area contributed by atoms with Gasteiger partial charge >= 0.3 is 0 Å². The Labute approximate surface area is 175 Å². The third kappa shape index (κ3) is 5.74. The largest absolute Gasteiger partial charge is 0.497 e. The minimum Gasteiger partial charge on any atom is -0.497 e. The van der Waals surface area contributed by atoms with E-state index in [1.54, 1.807) is 31.0 Å². The van der Waals surface area contributed by atoms with E-state index in [4.69, 9.17) is 4.74 Å². The first-order chi connectivity index (χ1) is 14.1. The number of hydrogen-bond acceptors (Lipinski definition) is 5. The molecule has 1 aliphatic rings. The van der Waals surface area contributed by atoms with Gasteiger partial charge < -0.3 is 20.7 Å². The summed E-state index contributed by atoms with van der Waals surface area (Å²) < 4.78 is 5.20. The van der Waals surface area contributed by atoms with Crippen LogP contribution in [-0.4, -0.2) is 43.0 Å². The third-order valence-corrected chi connectivity index (χ3v) is 5.62. The maximum Gasteiger partial charge on any atom is 0.246 e. The summed E-state index contributed by atoms with van der Waals surface area (Å²) >= 11 is 1.65. The molecule has 2 amide bonds. The normalized spacial score (nSPS) is 16.4. The molecule has 0 aliphatic carbocycles. The zero-order valence-corrected chi connectivity index (χ0v) is 17.6. The number of carbonyl (C=O) groups is 2. The van der Waals surface area contributed by atoms with Crippen LogP contribution in [0.3, 0.4) is 0 Å². The Morgan fingerprint density at radius 2 is 2.00 bits per heavy atom. The topological polar surface area (TPSA) is 79.5 Å². The third-order valence-electron chi connectivity index (χ3n) is 4.98. The Morgan fingerprint density at radius 1 is 1.21 bits per heavy atom. The number of fused-ring (bicyclic) bond motifs is 1. The Hall–Kier alpha value is -2.51. The van der Waals surface area contributed by atoms with Crippen LogP contribution in [0.2, 0.25) is 0 Å². The quantitative estimate of drug-likeness (QED) is 0.620. The van der Waals surface area contributed by atoms with Gasteiger partial charge in [-0.05, 0) is 48.1 Å². The number of nitrogens with one attached hydrogen (secondary N) is 3. The highest BCUT2D eigenvalue weighted by Gasteiger charge is 2.28. The molecule has 0 fully saturated rings. The van der Waals surface area contributed by atoms with Gasteiger partial charge in [-0.3, -0.25) is 9.59 Å². The molecule has 0 radical (unpaired) electrons. The van der Waals surface area contributed by atoms with E-state index in [0.717, 1.165) is 5.75 Å². The molecule has 154 valence electrons. The first kappa shape index (κ1) is 21.2. The number of hydrogen-bond donors (Lipinski definition) is 3. The number of anilines is 1. The SMILES string of the molecule is COc1cccc(NC(=O)[C@H](CCSC)NC(=O)[C@@H]2Cc3ccccc3CN2)c1. The molecule has 29 heavy (non-hydrogen) atoms. The minimum atomic E-state index is -0.597. The van der Waals surface area contributed by atoms with E-state index < -0.39 is 6.04 Å². The number of rotatable bonds is 8. The second kappa shape index (κ2) is 10.3. The van der Waals surface area contributed by atoms with Gasteiger partial charge in [0.05, 0.1) is 13.2 Å². The number of carbonyl (C=O) groups excluding carboxylic acids is 2. The zero-order valence-electron chi connectivity index (χ0n) is 16.7. The molecule has 1 aliphatic heterocycles. The van der Waals surface area contributed by atoms with Crippen LogP contribution in [0, 0.1) is 0 Å². The van der Waals surface area contributed by atoms with Crippen molar-refractivity contribution in [2.24, 2.45) is 0 Å². The average molecular weight is 414 g/mol. The molecule has 3 rings (SSSR count). The molecule has 0 unspecified atom stereocenters. The lowest BCUT2D eigenvalue weighted by Gasteiger charge is -2.27. The van der Waals surface area contributed by atoms with Crippen LogP contribution in [-0.2, 0) is 22.6 Å². The Morgan fingerprint density at radius 3 is 2.76 bits per heavy atom. The van der Waals surface area contributed by atoms with Gasteiger partial charge in [0.25, 0.3) is 0 Å². The first-order valence-electron chi connectivity index (χ1n) is 9.65. The second-order valence-electron chi connectivity index (χ2n) is 6.97. The van der Waals surface area contributed by atoms with Gasteiger partial charge in [0.1, 0.15) is 11.8 Å². The average Bonchev–Trinajstić information content (AvgIpc) is 2.76. The van der Waals surface area contributed by atoms with Crippen molar-refractivity contribution in [3.8, 4) is 5.75 Å². The maximum atomic E-state index is 12.9. The van der Waals surface area contributed by atoms with E-state index in [1.165, 1.54) is 11.1 Å².